The van der Waals surface area contributed by atoms with Gasteiger partial charge in [-0.15, -0.1) is 0 Å². The van der Waals surface area contributed by atoms with Crippen LogP contribution >= 0.6 is 23.2 Å². The molecule has 1 aliphatic rings. The van der Waals surface area contributed by atoms with Crippen molar-refractivity contribution < 1.29 is 4.79 Å². The highest BCUT2D eigenvalue weighted by molar-refractivity contribution is 6.39. The van der Waals surface area contributed by atoms with E-state index in [4.69, 9.17) is 23.2 Å². The van der Waals surface area contributed by atoms with Crippen LogP contribution in [0, 0.1) is 0 Å². The Kier molecular flexibility index (Phi) is 5.84. The Balaban J connectivity index is 1.69. The van der Waals surface area contributed by atoms with Gasteiger partial charge in [0.05, 0.1) is 10.5 Å². The Morgan fingerprint density at radius 2 is 1.90 bits per heavy atom. The molecule has 30 heavy (non-hydrogen) atoms. The minimum Gasteiger partial charge on any atom is -0.335 e. The van der Waals surface area contributed by atoms with E-state index in [-0.39, 0.29) is 17.9 Å². The molecule has 4 rings (SSSR count). The van der Waals surface area contributed by atoms with Crippen molar-refractivity contribution in [1.29, 1.82) is 0 Å². The summed E-state index contributed by atoms with van der Waals surface area (Å²) in [5.41, 5.74) is 5.34. The predicted molar refractivity (Wildman–Crippen MR) is 126 cm³/mol. The number of carbonyl (C=O) groups is 1. The maximum atomic E-state index is 13.0. The van der Waals surface area contributed by atoms with Gasteiger partial charge < -0.3 is 15.2 Å². The van der Waals surface area contributed by atoms with Crippen LogP contribution in [0.4, 0.5) is 5.69 Å². The Hall–Kier alpha value is -2.01. The first-order chi connectivity index (χ1) is 14.2. The molecule has 1 aliphatic heterocycles. The number of hydrogen-bond donors (Lipinski definition) is 2. The largest absolute Gasteiger partial charge is 0.335 e. The van der Waals surface area contributed by atoms with Crippen molar-refractivity contribution in [2.45, 2.75) is 45.6 Å². The lowest BCUT2D eigenvalue weighted by atomic mass is 9.87. The zero-order valence-electron chi connectivity index (χ0n) is 17.6. The summed E-state index contributed by atoms with van der Waals surface area (Å²) >= 11 is 12.9. The zero-order valence-corrected chi connectivity index (χ0v) is 19.1. The molecule has 2 heterocycles. The van der Waals surface area contributed by atoms with E-state index in [1.54, 1.807) is 6.07 Å². The Bertz CT molecular complexity index is 1110. The van der Waals surface area contributed by atoms with Crippen LogP contribution in [0.3, 0.4) is 0 Å². The molecule has 0 spiro atoms. The minimum absolute atomic E-state index is 0.0230. The van der Waals surface area contributed by atoms with Gasteiger partial charge >= 0.3 is 0 Å². The standard InChI is InChI=1S/C24H27Cl2N3O/c1-24(2,3)15-5-4-6-17(11-15)28-22(30)14-29-20-8-10-27-9-7-18(20)23-19(26)12-16(25)13-21(23)29/h4-6,11-13,27H,7-10,14H2,1-3H3,(H,28,30). The van der Waals surface area contributed by atoms with Crippen LogP contribution in [-0.4, -0.2) is 23.6 Å². The number of fused-ring (bicyclic) bond motifs is 3. The van der Waals surface area contributed by atoms with Crippen LogP contribution in [-0.2, 0) is 29.6 Å². The summed E-state index contributed by atoms with van der Waals surface area (Å²) in [7, 11) is 0. The highest BCUT2D eigenvalue weighted by atomic mass is 35.5. The van der Waals surface area contributed by atoms with E-state index in [1.165, 1.54) is 11.1 Å². The van der Waals surface area contributed by atoms with Gasteiger partial charge in [-0.1, -0.05) is 56.1 Å². The van der Waals surface area contributed by atoms with Gasteiger partial charge in [-0.2, -0.15) is 0 Å². The van der Waals surface area contributed by atoms with Crippen LogP contribution in [0.2, 0.25) is 10.0 Å². The maximum Gasteiger partial charge on any atom is 0.244 e. The second-order valence-electron chi connectivity index (χ2n) is 8.92. The molecular weight excluding hydrogens is 417 g/mol. The normalized spacial score (nSPS) is 14.4. The number of carbonyl (C=O) groups excluding carboxylic acids is 1. The summed E-state index contributed by atoms with van der Waals surface area (Å²) in [6.07, 6.45) is 1.74. The summed E-state index contributed by atoms with van der Waals surface area (Å²) in [6.45, 7) is 8.49. The molecule has 1 amide bonds. The fourth-order valence-electron chi connectivity index (χ4n) is 4.21. The van der Waals surface area contributed by atoms with Gasteiger partial charge in [-0.25, -0.2) is 0 Å². The third kappa shape index (κ3) is 4.22. The number of aromatic nitrogens is 1. The fraction of sp³-hybridized carbons (Fsp3) is 0.375. The Morgan fingerprint density at radius 1 is 1.13 bits per heavy atom. The number of anilines is 1. The van der Waals surface area contributed by atoms with E-state index in [1.807, 2.05) is 24.3 Å². The maximum absolute atomic E-state index is 13.0. The Labute approximate surface area is 187 Å². The predicted octanol–water partition coefficient (Wildman–Crippen LogP) is 5.57. The van der Waals surface area contributed by atoms with Gasteiger partial charge in [-0.05, 0) is 53.8 Å². The van der Waals surface area contributed by atoms with Crippen molar-refractivity contribution >= 4 is 45.7 Å². The first kappa shape index (κ1) is 21.2. The topological polar surface area (TPSA) is 46.1 Å². The van der Waals surface area contributed by atoms with E-state index < -0.39 is 0 Å². The van der Waals surface area contributed by atoms with Gasteiger partial charge in [-0.3, -0.25) is 4.79 Å². The zero-order chi connectivity index (χ0) is 21.5. The highest BCUT2D eigenvalue weighted by Crippen LogP contribution is 2.36. The van der Waals surface area contributed by atoms with Crippen LogP contribution < -0.4 is 10.6 Å². The summed E-state index contributed by atoms with van der Waals surface area (Å²) in [5.74, 6) is -0.0611. The van der Waals surface area contributed by atoms with E-state index >= 15 is 0 Å². The molecule has 0 aliphatic carbocycles. The molecule has 0 bridgehead atoms. The summed E-state index contributed by atoms with van der Waals surface area (Å²) in [4.78, 5) is 13.0. The number of hydrogen-bond acceptors (Lipinski definition) is 2. The smallest absolute Gasteiger partial charge is 0.244 e. The Morgan fingerprint density at radius 3 is 2.67 bits per heavy atom. The van der Waals surface area contributed by atoms with Crippen molar-refractivity contribution in [2.24, 2.45) is 0 Å². The molecule has 158 valence electrons. The van der Waals surface area contributed by atoms with Crippen molar-refractivity contribution in [3.05, 3.63) is 63.3 Å². The lowest BCUT2D eigenvalue weighted by Crippen LogP contribution is -2.22. The second kappa shape index (κ2) is 8.26. The summed E-state index contributed by atoms with van der Waals surface area (Å²) in [5, 5.41) is 8.74. The molecule has 2 N–H and O–H groups in total. The van der Waals surface area contributed by atoms with Crippen molar-refractivity contribution in [3.8, 4) is 0 Å². The summed E-state index contributed by atoms with van der Waals surface area (Å²) < 4.78 is 2.08. The SMILES string of the molecule is CC(C)(C)c1cccc(NC(=O)Cn2c3c(c4c(Cl)cc(Cl)cc42)CCNCC3)c1. The van der Waals surface area contributed by atoms with Crippen molar-refractivity contribution in [3.63, 3.8) is 0 Å². The van der Waals surface area contributed by atoms with E-state index in [0.717, 1.165) is 48.2 Å². The van der Waals surface area contributed by atoms with Gasteiger partial charge in [0.2, 0.25) is 5.91 Å². The van der Waals surface area contributed by atoms with Gasteiger partial charge in [0, 0.05) is 34.8 Å². The average Bonchev–Trinajstić information content (AvgIpc) is 2.81. The highest BCUT2D eigenvalue weighted by Gasteiger charge is 2.23. The lowest BCUT2D eigenvalue weighted by molar-refractivity contribution is -0.116. The van der Waals surface area contributed by atoms with Gasteiger partial charge in [0.25, 0.3) is 0 Å². The molecule has 0 saturated heterocycles. The van der Waals surface area contributed by atoms with Gasteiger partial charge in [0.15, 0.2) is 0 Å². The number of nitrogens with one attached hydrogen (secondary N) is 2. The van der Waals surface area contributed by atoms with Crippen LogP contribution in [0.25, 0.3) is 10.9 Å². The van der Waals surface area contributed by atoms with Crippen molar-refractivity contribution in [1.82, 2.24) is 9.88 Å². The van der Waals surface area contributed by atoms with Crippen LogP contribution in [0.5, 0.6) is 0 Å². The quantitative estimate of drug-likeness (QED) is 0.555. The third-order valence-electron chi connectivity index (χ3n) is 5.71. The number of halogens is 2. The molecule has 6 heteroatoms. The number of nitrogens with zero attached hydrogens (tertiary/aromatic N) is 1. The van der Waals surface area contributed by atoms with E-state index in [0.29, 0.717) is 10.0 Å². The molecule has 0 atom stereocenters. The molecular formula is C24H27Cl2N3O. The molecule has 3 aromatic rings. The molecule has 0 fully saturated rings. The third-order valence-corrected chi connectivity index (χ3v) is 6.22. The van der Waals surface area contributed by atoms with E-state index in [9.17, 15) is 4.79 Å². The molecule has 0 unspecified atom stereocenters. The molecule has 1 aromatic heterocycles. The number of amides is 1. The van der Waals surface area contributed by atoms with Crippen LogP contribution in [0.15, 0.2) is 36.4 Å². The van der Waals surface area contributed by atoms with Crippen molar-refractivity contribution in [2.75, 3.05) is 18.4 Å². The second-order valence-corrected chi connectivity index (χ2v) is 9.77. The number of rotatable bonds is 3. The molecule has 4 nitrogen and oxygen atoms in total. The molecule has 0 radical (unpaired) electrons. The molecule has 0 saturated carbocycles. The fourth-order valence-corrected chi connectivity index (χ4v) is 4.81. The first-order valence-corrected chi connectivity index (χ1v) is 11.1. The van der Waals surface area contributed by atoms with E-state index in [2.05, 4.69) is 42.0 Å². The minimum atomic E-state index is -0.0611. The lowest BCUT2D eigenvalue weighted by Gasteiger charge is -2.20. The van der Waals surface area contributed by atoms with Gasteiger partial charge in [0.1, 0.15) is 6.54 Å². The summed E-state index contributed by atoms with van der Waals surface area (Å²) in [6, 6.07) is 11.7. The molecule has 2 aromatic carbocycles. The average molecular weight is 444 g/mol. The monoisotopic (exact) mass is 443 g/mol. The first-order valence-electron chi connectivity index (χ1n) is 10.3. The van der Waals surface area contributed by atoms with Crippen LogP contribution in [0.1, 0.15) is 37.6 Å². The number of benzene rings is 2.